The number of rotatable bonds is 2. The Kier molecular flexibility index (Phi) is 4.22. The number of aldehydes is 1. The van der Waals surface area contributed by atoms with Gasteiger partial charge in [0.05, 0.1) is 17.8 Å². The van der Waals surface area contributed by atoms with E-state index in [2.05, 4.69) is 6.58 Å². The van der Waals surface area contributed by atoms with Crippen LogP contribution in [0.2, 0.25) is 0 Å². The smallest absolute Gasteiger partial charge is 0.302 e. The molecule has 0 saturated heterocycles. The summed E-state index contributed by atoms with van der Waals surface area (Å²) in [6.45, 7) is 9.27. The molecule has 4 fully saturated rings. The maximum absolute atomic E-state index is 12.1. The van der Waals surface area contributed by atoms with Crippen LogP contribution >= 0.6 is 0 Å². The Morgan fingerprint density at radius 1 is 1.25 bits per heavy atom. The summed E-state index contributed by atoms with van der Waals surface area (Å²) in [5.41, 5.74) is -2.87. The van der Waals surface area contributed by atoms with E-state index in [1.165, 1.54) is 6.92 Å². The molecular formula is C22H32O6. The van der Waals surface area contributed by atoms with Crippen molar-refractivity contribution in [2.24, 2.45) is 28.1 Å². The predicted octanol–water partition coefficient (Wildman–Crippen LogP) is 1.75. The normalized spacial score (nSPS) is 55.2. The molecule has 0 heterocycles. The van der Waals surface area contributed by atoms with Crippen molar-refractivity contribution in [1.29, 1.82) is 0 Å². The Bertz CT molecular complexity index is 735. The van der Waals surface area contributed by atoms with E-state index in [-0.39, 0.29) is 18.3 Å². The summed E-state index contributed by atoms with van der Waals surface area (Å²) < 4.78 is 5.71. The van der Waals surface area contributed by atoms with Crippen molar-refractivity contribution in [2.45, 2.75) is 83.2 Å². The first-order chi connectivity index (χ1) is 12.9. The summed E-state index contributed by atoms with van der Waals surface area (Å²) in [6.07, 6.45) is 1.71. The van der Waals surface area contributed by atoms with Gasteiger partial charge in [-0.15, -0.1) is 0 Å². The Morgan fingerprint density at radius 3 is 2.54 bits per heavy atom. The van der Waals surface area contributed by atoms with Crippen LogP contribution in [0.4, 0.5) is 0 Å². The lowest BCUT2D eigenvalue weighted by Crippen LogP contribution is -2.67. The number of carbonyl (C=O) groups excluding carboxylic acids is 2. The molecule has 156 valence electrons. The number of hydrogen-bond acceptors (Lipinski definition) is 6. The topological polar surface area (TPSA) is 104 Å². The predicted molar refractivity (Wildman–Crippen MR) is 101 cm³/mol. The molecule has 4 aliphatic carbocycles. The lowest BCUT2D eigenvalue weighted by molar-refractivity contribution is -0.251. The minimum Gasteiger partial charge on any atom is -0.462 e. The first kappa shape index (κ1) is 20.0. The van der Waals surface area contributed by atoms with Crippen LogP contribution in [0.1, 0.15) is 59.3 Å². The molecule has 0 aromatic rings. The SMILES string of the molecule is C=C1[C@@H](O)[C@@]23CC[C@H]4[C@](C)([C@@H]2[C@@H](OC(C)=O)C[C@]1(O)C3)[C@@H](O)CC[C@@]4(C)C=O. The number of esters is 1. The molecule has 9 atom stereocenters. The van der Waals surface area contributed by atoms with Gasteiger partial charge in [-0.3, -0.25) is 4.79 Å². The third-order valence-electron chi connectivity index (χ3n) is 9.00. The third-order valence-corrected chi connectivity index (χ3v) is 9.00. The van der Waals surface area contributed by atoms with Crippen molar-refractivity contribution < 1.29 is 29.6 Å². The Balaban J connectivity index is 1.90. The average Bonchev–Trinajstić information content (AvgIpc) is 2.75. The van der Waals surface area contributed by atoms with E-state index >= 15 is 0 Å². The molecule has 4 saturated carbocycles. The van der Waals surface area contributed by atoms with Crippen LogP contribution in [-0.2, 0) is 14.3 Å². The molecule has 6 nitrogen and oxygen atoms in total. The van der Waals surface area contributed by atoms with E-state index in [9.17, 15) is 24.9 Å². The molecule has 0 amide bonds. The summed E-state index contributed by atoms with van der Waals surface area (Å²) in [7, 11) is 0. The molecular weight excluding hydrogens is 360 g/mol. The Hall–Kier alpha value is -1.24. The van der Waals surface area contributed by atoms with Crippen LogP contribution in [0.25, 0.3) is 0 Å². The van der Waals surface area contributed by atoms with Crippen molar-refractivity contribution in [3.05, 3.63) is 12.2 Å². The van der Waals surface area contributed by atoms with Gasteiger partial charge >= 0.3 is 5.97 Å². The van der Waals surface area contributed by atoms with E-state index in [1.54, 1.807) is 0 Å². The van der Waals surface area contributed by atoms with Gasteiger partial charge in [0.25, 0.3) is 0 Å². The summed E-state index contributed by atoms with van der Waals surface area (Å²) in [5.74, 6) is -0.881. The van der Waals surface area contributed by atoms with Gasteiger partial charge in [-0.05, 0) is 43.6 Å². The molecule has 0 aromatic carbocycles. The zero-order chi connectivity index (χ0) is 20.7. The fraction of sp³-hybridized carbons (Fsp3) is 0.818. The fourth-order valence-electron chi connectivity index (χ4n) is 7.88. The highest BCUT2D eigenvalue weighted by Crippen LogP contribution is 2.72. The Morgan fingerprint density at radius 2 is 1.93 bits per heavy atom. The van der Waals surface area contributed by atoms with Crippen molar-refractivity contribution in [2.75, 3.05) is 0 Å². The number of aliphatic hydroxyl groups is 3. The second kappa shape index (κ2) is 5.89. The fourth-order valence-corrected chi connectivity index (χ4v) is 7.88. The maximum atomic E-state index is 12.1. The zero-order valence-electron chi connectivity index (χ0n) is 17.0. The van der Waals surface area contributed by atoms with E-state index in [0.717, 1.165) is 6.29 Å². The summed E-state index contributed by atoms with van der Waals surface area (Å²) >= 11 is 0. The maximum Gasteiger partial charge on any atom is 0.302 e. The molecule has 1 spiro atoms. The molecule has 28 heavy (non-hydrogen) atoms. The van der Waals surface area contributed by atoms with Crippen molar-refractivity contribution in [3.8, 4) is 0 Å². The van der Waals surface area contributed by atoms with Crippen LogP contribution in [0.5, 0.6) is 0 Å². The first-order valence-corrected chi connectivity index (χ1v) is 10.4. The highest BCUT2D eigenvalue weighted by Gasteiger charge is 2.74. The highest BCUT2D eigenvalue weighted by atomic mass is 16.5. The molecule has 3 N–H and O–H groups in total. The van der Waals surface area contributed by atoms with Gasteiger partial charge in [-0.25, -0.2) is 0 Å². The Labute approximate surface area is 166 Å². The van der Waals surface area contributed by atoms with Crippen LogP contribution in [0.15, 0.2) is 12.2 Å². The van der Waals surface area contributed by atoms with Gasteiger partial charge in [-0.2, -0.15) is 0 Å². The van der Waals surface area contributed by atoms with E-state index in [1.807, 2.05) is 13.8 Å². The summed E-state index contributed by atoms with van der Waals surface area (Å²) in [6, 6.07) is 0. The van der Waals surface area contributed by atoms with Gasteiger partial charge in [-0.1, -0.05) is 20.4 Å². The molecule has 0 aromatic heterocycles. The summed E-state index contributed by atoms with van der Waals surface area (Å²) in [4.78, 5) is 24.0. The largest absolute Gasteiger partial charge is 0.462 e. The van der Waals surface area contributed by atoms with Crippen molar-refractivity contribution >= 4 is 12.3 Å². The number of hydrogen-bond donors (Lipinski definition) is 3. The second-order valence-electron chi connectivity index (χ2n) is 10.3. The van der Waals surface area contributed by atoms with Crippen LogP contribution in [-0.4, -0.2) is 51.5 Å². The quantitative estimate of drug-likeness (QED) is 0.376. The minimum absolute atomic E-state index is 0.0813. The van der Waals surface area contributed by atoms with Crippen molar-refractivity contribution in [3.63, 3.8) is 0 Å². The minimum atomic E-state index is -1.27. The van der Waals surface area contributed by atoms with Gasteiger partial charge in [0.2, 0.25) is 0 Å². The molecule has 4 aliphatic rings. The van der Waals surface area contributed by atoms with Gasteiger partial charge in [0.1, 0.15) is 12.4 Å². The van der Waals surface area contributed by atoms with Crippen LogP contribution in [0.3, 0.4) is 0 Å². The molecule has 0 radical (unpaired) electrons. The highest BCUT2D eigenvalue weighted by molar-refractivity contribution is 5.66. The molecule has 4 rings (SSSR count). The first-order valence-electron chi connectivity index (χ1n) is 10.4. The van der Waals surface area contributed by atoms with Crippen LogP contribution in [0, 0.1) is 28.1 Å². The standard InChI is InChI=1S/C22H32O6/c1-12-18(26)21-8-5-15-19(3,11-23)7-6-16(25)20(15,4)17(21)14(28-13(2)24)9-22(12,27)10-21/h11,14-18,25-27H,1,5-10H2,2-4H3/t14-,15+,16-,17-,18+,19-,20-,21+,22-/m0/s1. The van der Waals surface area contributed by atoms with Crippen molar-refractivity contribution in [1.82, 2.24) is 0 Å². The van der Waals surface area contributed by atoms with Crippen LogP contribution < -0.4 is 0 Å². The number of carbonyl (C=O) groups is 2. The van der Waals surface area contributed by atoms with E-state index < -0.39 is 46.1 Å². The zero-order valence-corrected chi connectivity index (χ0v) is 17.0. The summed E-state index contributed by atoms with van der Waals surface area (Å²) in [5, 5.41) is 33.6. The van der Waals surface area contributed by atoms with Gasteiger partial charge < -0.3 is 24.9 Å². The lowest BCUT2D eigenvalue weighted by atomic mass is 9.39. The molecule has 6 heteroatoms. The van der Waals surface area contributed by atoms with E-state index in [0.29, 0.717) is 37.7 Å². The number of aliphatic hydroxyl groups excluding tert-OH is 2. The number of fused-ring (bicyclic) bond motifs is 3. The lowest BCUT2D eigenvalue weighted by Gasteiger charge is -2.66. The molecule has 0 unspecified atom stereocenters. The second-order valence-corrected chi connectivity index (χ2v) is 10.3. The van der Waals surface area contributed by atoms with E-state index in [4.69, 9.17) is 4.74 Å². The molecule has 0 aliphatic heterocycles. The van der Waals surface area contributed by atoms with Gasteiger partial charge in [0, 0.05) is 35.5 Å². The third kappa shape index (κ3) is 2.25. The number of ether oxygens (including phenoxy) is 1. The molecule has 2 bridgehead atoms. The average molecular weight is 392 g/mol. The van der Waals surface area contributed by atoms with Gasteiger partial charge in [0.15, 0.2) is 0 Å². The monoisotopic (exact) mass is 392 g/mol.